The van der Waals surface area contributed by atoms with Crippen molar-refractivity contribution in [3.8, 4) is 0 Å². The molecule has 0 aliphatic rings. The molecule has 1 aromatic rings. The zero-order valence-corrected chi connectivity index (χ0v) is 7.40. The van der Waals surface area contributed by atoms with Crippen LogP contribution < -0.4 is 0 Å². The Morgan fingerprint density at radius 2 is 2.55 bits per heavy atom. The van der Waals surface area contributed by atoms with Gasteiger partial charge in [-0.1, -0.05) is 12.1 Å². The quantitative estimate of drug-likeness (QED) is 0.686. The van der Waals surface area contributed by atoms with Crippen molar-refractivity contribution < 1.29 is 5.11 Å². The molecule has 2 heteroatoms. The molecule has 60 valence electrons. The van der Waals surface area contributed by atoms with Crippen LogP contribution in [0.4, 0.5) is 0 Å². The lowest BCUT2D eigenvalue weighted by Crippen LogP contribution is -2.21. The highest BCUT2D eigenvalue weighted by atomic mass is 32.1. The first kappa shape index (κ1) is 8.50. The minimum atomic E-state index is -0.256. The first-order valence-electron chi connectivity index (χ1n) is 3.51. The molecule has 0 saturated carbocycles. The Morgan fingerprint density at radius 1 is 1.82 bits per heavy atom. The number of aliphatic hydroxyl groups excluding tert-OH is 1. The zero-order chi connectivity index (χ0) is 8.32. The van der Waals surface area contributed by atoms with Crippen LogP contribution in [0, 0.1) is 0 Å². The van der Waals surface area contributed by atoms with Gasteiger partial charge in [0.05, 0.1) is 6.61 Å². The molecule has 0 radical (unpaired) electrons. The smallest absolute Gasteiger partial charge is 0.0567 e. The molecule has 1 nitrogen and oxygen atoms in total. The maximum Gasteiger partial charge on any atom is 0.0567 e. The van der Waals surface area contributed by atoms with Gasteiger partial charge in [-0.05, 0) is 18.4 Å². The first-order valence-corrected chi connectivity index (χ1v) is 4.39. The van der Waals surface area contributed by atoms with Gasteiger partial charge in [-0.3, -0.25) is 0 Å². The van der Waals surface area contributed by atoms with E-state index in [-0.39, 0.29) is 12.0 Å². The lowest BCUT2D eigenvalue weighted by atomic mass is 9.90. The summed E-state index contributed by atoms with van der Waals surface area (Å²) in [5, 5.41) is 11.1. The molecule has 0 saturated heterocycles. The van der Waals surface area contributed by atoms with E-state index < -0.39 is 0 Å². The number of rotatable bonds is 3. The molecule has 1 heterocycles. The summed E-state index contributed by atoms with van der Waals surface area (Å²) >= 11 is 1.65. The summed E-state index contributed by atoms with van der Waals surface area (Å²) in [6, 6.07) is 4.00. The average molecular weight is 168 g/mol. The molecule has 0 bridgehead atoms. The van der Waals surface area contributed by atoms with Crippen LogP contribution in [0.2, 0.25) is 0 Å². The van der Waals surface area contributed by atoms with Crippen molar-refractivity contribution in [2.75, 3.05) is 6.61 Å². The summed E-state index contributed by atoms with van der Waals surface area (Å²) in [5.41, 5.74) is -0.256. The molecule has 0 spiro atoms. The van der Waals surface area contributed by atoms with Gasteiger partial charge in [0.2, 0.25) is 0 Å². The SMILES string of the molecule is C=CC(C)(CO)c1cccs1. The zero-order valence-electron chi connectivity index (χ0n) is 6.58. The van der Waals surface area contributed by atoms with Crippen LogP contribution in [-0.2, 0) is 5.41 Å². The molecular formula is C9H12OS. The molecule has 0 aliphatic heterocycles. The lowest BCUT2D eigenvalue weighted by molar-refractivity contribution is 0.238. The Hall–Kier alpha value is -0.600. The van der Waals surface area contributed by atoms with Gasteiger partial charge in [0.1, 0.15) is 0 Å². The van der Waals surface area contributed by atoms with E-state index in [9.17, 15) is 0 Å². The van der Waals surface area contributed by atoms with Gasteiger partial charge in [-0.15, -0.1) is 17.9 Å². The highest BCUT2D eigenvalue weighted by Crippen LogP contribution is 2.28. The van der Waals surface area contributed by atoms with E-state index in [0.29, 0.717) is 0 Å². The van der Waals surface area contributed by atoms with Crippen molar-refractivity contribution in [1.29, 1.82) is 0 Å². The Morgan fingerprint density at radius 3 is 2.91 bits per heavy atom. The molecule has 0 aromatic carbocycles. The van der Waals surface area contributed by atoms with Crippen LogP contribution in [0.15, 0.2) is 30.2 Å². The molecule has 1 rings (SSSR count). The average Bonchev–Trinajstić information content (AvgIpc) is 2.55. The number of hydrogen-bond donors (Lipinski definition) is 1. The van der Waals surface area contributed by atoms with Crippen LogP contribution >= 0.6 is 11.3 Å². The second-order valence-corrected chi connectivity index (χ2v) is 3.70. The molecule has 1 atom stereocenters. The highest BCUT2D eigenvalue weighted by molar-refractivity contribution is 7.10. The van der Waals surface area contributed by atoms with Crippen LogP contribution in [0.5, 0.6) is 0 Å². The maximum absolute atomic E-state index is 9.09. The summed E-state index contributed by atoms with van der Waals surface area (Å²) in [4.78, 5) is 1.16. The summed E-state index contributed by atoms with van der Waals surface area (Å²) in [5.74, 6) is 0. The predicted molar refractivity (Wildman–Crippen MR) is 49.0 cm³/mol. The normalized spacial score (nSPS) is 15.8. The van der Waals surface area contributed by atoms with E-state index in [2.05, 4.69) is 6.58 Å². The maximum atomic E-state index is 9.09. The van der Waals surface area contributed by atoms with Crippen LogP contribution in [-0.4, -0.2) is 11.7 Å². The summed E-state index contributed by atoms with van der Waals surface area (Å²) < 4.78 is 0. The summed E-state index contributed by atoms with van der Waals surface area (Å²) in [7, 11) is 0. The van der Waals surface area contributed by atoms with Gasteiger partial charge >= 0.3 is 0 Å². The van der Waals surface area contributed by atoms with Crippen molar-refractivity contribution in [3.63, 3.8) is 0 Å². The number of aliphatic hydroxyl groups is 1. The largest absolute Gasteiger partial charge is 0.395 e. The van der Waals surface area contributed by atoms with Gasteiger partial charge in [0.25, 0.3) is 0 Å². The monoisotopic (exact) mass is 168 g/mol. The van der Waals surface area contributed by atoms with Crippen LogP contribution in [0.1, 0.15) is 11.8 Å². The van der Waals surface area contributed by atoms with E-state index in [1.807, 2.05) is 24.4 Å². The van der Waals surface area contributed by atoms with Crippen LogP contribution in [0.3, 0.4) is 0 Å². The van der Waals surface area contributed by atoms with Crippen molar-refractivity contribution >= 4 is 11.3 Å². The molecule has 1 aromatic heterocycles. The lowest BCUT2D eigenvalue weighted by Gasteiger charge is -2.20. The molecule has 0 amide bonds. The summed E-state index contributed by atoms with van der Waals surface area (Å²) in [6.45, 7) is 5.81. The number of thiophene rings is 1. The Balaban J connectivity index is 2.96. The van der Waals surface area contributed by atoms with Crippen molar-refractivity contribution in [1.82, 2.24) is 0 Å². The van der Waals surface area contributed by atoms with Crippen LogP contribution in [0.25, 0.3) is 0 Å². The second kappa shape index (κ2) is 3.20. The van der Waals surface area contributed by atoms with E-state index >= 15 is 0 Å². The standard InChI is InChI=1S/C9H12OS/c1-3-9(2,7-10)8-5-4-6-11-8/h3-6,10H,1,7H2,2H3. The molecule has 11 heavy (non-hydrogen) atoms. The predicted octanol–water partition coefficient (Wildman–Crippen LogP) is 2.18. The van der Waals surface area contributed by atoms with Crippen molar-refractivity contribution in [2.45, 2.75) is 12.3 Å². The molecule has 0 fully saturated rings. The minimum Gasteiger partial charge on any atom is -0.395 e. The molecular weight excluding hydrogens is 156 g/mol. The fraction of sp³-hybridized carbons (Fsp3) is 0.333. The van der Waals surface area contributed by atoms with Gasteiger partial charge < -0.3 is 5.11 Å². The third-order valence-electron chi connectivity index (χ3n) is 1.86. The topological polar surface area (TPSA) is 20.2 Å². The van der Waals surface area contributed by atoms with Gasteiger partial charge in [0, 0.05) is 10.3 Å². The number of hydrogen-bond acceptors (Lipinski definition) is 2. The van der Waals surface area contributed by atoms with E-state index in [1.165, 1.54) is 0 Å². The summed E-state index contributed by atoms with van der Waals surface area (Å²) in [6.07, 6.45) is 1.79. The van der Waals surface area contributed by atoms with E-state index in [0.717, 1.165) is 4.88 Å². The Bertz CT molecular complexity index is 228. The third kappa shape index (κ3) is 1.52. The Labute approximate surface area is 71.0 Å². The second-order valence-electron chi connectivity index (χ2n) is 2.76. The van der Waals surface area contributed by atoms with Gasteiger partial charge in [-0.2, -0.15) is 0 Å². The highest BCUT2D eigenvalue weighted by Gasteiger charge is 2.22. The first-order chi connectivity index (χ1) is 5.23. The third-order valence-corrected chi connectivity index (χ3v) is 3.01. The fourth-order valence-electron chi connectivity index (χ4n) is 0.847. The molecule has 1 N–H and O–H groups in total. The van der Waals surface area contributed by atoms with Crippen molar-refractivity contribution in [3.05, 3.63) is 35.0 Å². The van der Waals surface area contributed by atoms with Gasteiger partial charge in [0.15, 0.2) is 0 Å². The minimum absolute atomic E-state index is 0.122. The molecule has 0 aliphatic carbocycles. The van der Waals surface area contributed by atoms with Crippen molar-refractivity contribution in [2.24, 2.45) is 0 Å². The van der Waals surface area contributed by atoms with E-state index in [1.54, 1.807) is 17.4 Å². The Kier molecular flexibility index (Phi) is 2.47. The van der Waals surface area contributed by atoms with Gasteiger partial charge in [-0.25, -0.2) is 0 Å². The molecule has 1 unspecified atom stereocenters. The van der Waals surface area contributed by atoms with E-state index in [4.69, 9.17) is 5.11 Å². The fourth-order valence-corrected chi connectivity index (χ4v) is 1.72.